The molecule has 0 spiro atoms. The minimum absolute atomic E-state index is 0.223. The van der Waals surface area contributed by atoms with E-state index in [1.807, 2.05) is 0 Å². The summed E-state index contributed by atoms with van der Waals surface area (Å²) in [6.07, 6.45) is -3.12. The van der Waals surface area contributed by atoms with Gasteiger partial charge >= 0.3 is 27.3 Å². The van der Waals surface area contributed by atoms with Gasteiger partial charge < -0.3 is 19.1 Å². The first-order valence-electron chi connectivity index (χ1n) is 10.4. The average Bonchev–Trinajstić information content (AvgIpc) is 3.34. The Hall–Kier alpha value is -2.64. The molecule has 186 valence electrons. The van der Waals surface area contributed by atoms with Crippen molar-refractivity contribution in [1.29, 1.82) is 0 Å². The molecule has 1 amide bonds. The van der Waals surface area contributed by atoms with Gasteiger partial charge in [0, 0.05) is 5.54 Å². The molecule has 1 aromatic carbocycles. The Balaban J connectivity index is 1.63. The molecule has 0 aromatic heterocycles. The van der Waals surface area contributed by atoms with Gasteiger partial charge in [0.05, 0.1) is 23.6 Å². The fraction of sp³-hybridized carbons (Fsp3) is 0.571. The number of amides is 1. The van der Waals surface area contributed by atoms with Crippen molar-refractivity contribution in [3.8, 4) is 0 Å². The lowest BCUT2D eigenvalue weighted by Crippen LogP contribution is -2.54. The largest absolute Gasteiger partial charge is 0.458 e. The summed E-state index contributed by atoms with van der Waals surface area (Å²) in [7, 11) is -5.83. The average molecular weight is 503 g/mol. The second-order valence-electron chi connectivity index (χ2n) is 9.44. The minimum atomic E-state index is -5.83. The number of likely N-dealkylation sites (tertiary alicyclic amines) is 1. The first-order valence-corrected chi connectivity index (χ1v) is 11.9. The van der Waals surface area contributed by atoms with Crippen molar-refractivity contribution >= 4 is 28.0 Å². The van der Waals surface area contributed by atoms with Crippen LogP contribution < -0.4 is 0 Å². The molecule has 3 saturated heterocycles. The summed E-state index contributed by atoms with van der Waals surface area (Å²) in [6, 6.07) is 7.28. The molecule has 2 bridgehead atoms. The molecule has 3 heterocycles. The van der Waals surface area contributed by atoms with Gasteiger partial charge in [0.1, 0.15) is 12.0 Å². The molecule has 0 radical (unpaired) electrons. The van der Waals surface area contributed by atoms with Crippen LogP contribution in [0.1, 0.15) is 31.1 Å². The van der Waals surface area contributed by atoms with Crippen LogP contribution in [-0.4, -0.2) is 77.5 Å². The van der Waals surface area contributed by atoms with Gasteiger partial charge in [-0.25, -0.2) is 4.79 Å². The highest BCUT2D eigenvalue weighted by Gasteiger charge is 2.74. The van der Waals surface area contributed by atoms with Gasteiger partial charge in [-0.1, -0.05) is 18.2 Å². The Labute approximate surface area is 193 Å². The monoisotopic (exact) mass is 503 g/mol. The molecule has 1 N–H and O–H groups in total. The lowest BCUT2D eigenvalue weighted by atomic mass is 9.78. The van der Waals surface area contributed by atoms with E-state index in [0.717, 1.165) is 0 Å². The number of halogens is 2. The predicted molar refractivity (Wildman–Crippen MR) is 109 cm³/mol. The van der Waals surface area contributed by atoms with Gasteiger partial charge in [0.2, 0.25) is 5.91 Å². The quantitative estimate of drug-likeness (QED) is 0.449. The van der Waals surface area contributed by atoms with Crippen molar-refractivity contribution in [3.63, 3.8) is 0 Å². The number of rotatable bonds is 6. The number of ether oxygens (including phenoxy) is 3. The number of carbonyl (C=O) groups excluding carboxylic acids is 3. The molecule has 0 saturated carbocycles. The SMILES string of the molecule is CC(C)(C)N1C(=O)C2C3OC(C(OC(=O)c4ccccc4)C31)C2C(=O)OCC(F)(F)S(=O)(=O)O. The minimum Gasteiger partial charge on any atom is -0.458 e. The van der Waals surface area contributed by atoms with Crippen molar-refractivity contribution in [3.05, 3.63) is 35.9 Å². The maximum atomic E-state index is 13.6. The molecule has 10 nitrogen and oxygen atoms in total. The zero-order valence-electron chi connectivity index (χ0n) is 18.4. The number of alkyl halides is 2. The van der Waals surface area contributed by atoms with Crippen LogP contribution in [0.4, 0.5) is 8.78 Å². The molecular formula is C21H23F2NO9S. The van der Waals surface area contributed by atoms with E-state index in [1.54, 1.807) is 39.0 Å². The molecule has 3 aliphatic heterocycles. The summed E-state index contributed by atoms with van der Waals surface area (Å²) in [5, 5.41) is -4.74. The number of hydrogen-bond acceptors (Lipinski definition) is 8. The summed E-state index contributed by atoms with van der Waals surface area (Å²) in [5.41, 5.74) is -0.526. The maximum Gasteiger partial charge on any atom is 0.402 e. The summed E-state index contributed by atoms with van der Waals surface area (Å²) in [4.78, 5) is 40.2. The summed E-state index contributed by atoms with van der Waals surface area (Å²) >= 11 is 0. The Morgan fingerprint density at radius 2 is 1.76 bits per heavy atom. The van der Waals surface area contributed by atoms with Crippen molar-refractivity contribution in [2.45, 2.75) is 55.9 Å². The van der Waals surface area contributed by atoms with Crippen LogP contribution in [0.5, 0.6) is 0 Å². The maximum absolute atomic E-state index is 13.6. The smallest absolute Gasteiger partial charge is 0.402 e. The molecule has 13 heteroatoms. The summed E-state index contributed by atoms with van der Waals surface area (Å²) in [5.74, 6) is -5.02. The third-order valence-electron chi connectivity index (χ3n) is 6.23. The molecule has 0 aliphatic carbocycles. The van der Waals surface area contributed by atoms with Crippen LogP contribution in [0.2, 0.25) is 0 Å². The van der Waals surface area contributed by atoms with Gasteiger partial charge in [-0.15, -0.1) is 0 Å². The van der Waals surface area contributed by atoms with Gasteiger partial charge in [-0.05, 0) is 32.9 Å². The number of carbonyl (C=O) groups is 3. The predicted octanol–water partition coefficient (Wildman–Crippen LogP) is 1.26. The first-order chi connectivity index (χ1) is 15.6. The Morgan fingerprint density at radius 1 is 1.15 bits per heavy atom. The van der Waals surface area contributed by atoms with Crippen molar-refractivity contribution in [1.82, 2.24) is 4.90 Å². The fourth-order valence-corrected chi connectivity index (χ4v) is 5.11. The normalized spacial score (nSPS) is 30.5. The number of esters is 2. The summed E-state index contributed by atoms with van der Waals surface area (Å²) < 4.78 is 73.5. The molecular weight excluding hydrogens is 480 g/mol. The van der Waals surface area contributed by atoms with Crippen molar-refractivity contribution < 1.29 is 50.3 Å². The van der Waals surface area contributed by atoms with E-state index in [-0.39, 0.29) is 5.56 Å². The first kappa shape index (κ1) is 24.5. The third-order valence-corrected chi connectivity index (χ3v) is 7.11. The van der Waals surface area contributed by atoms with Crippen molar-refractivity contribution in [2.75, 3.05) is 6.61 Å². The molecule has 6 unspecified atom stereocenters. The Bertz CT molecular complexity index is 1120. The molecule has 1 aromatic rings. The van der Waals surface area contributed by atoms with Crippen LogP contribution in [0.3, 0.4) is 0 Å². The van der Waals surface area contributed by atoms with Crippen LogP contribution in [0, 0.1) is 11.8 Å². The lowest BCUT2D eigenvalue weighted by Gasteiger charge is -2.38. The standard InChI is InChI=1S/C21H23F2NO9S/c1-20(2,3)24-13-14-11(17(24)25)12(19(27)31-9-21(22,23)34(28,29)30)15(32-14)16(13)33-18(26)10-7-5-4-6-8-10/h4-8,11-16H,9H2,1-3H3,(H,28,29,30). The van der Waals surface area contributed by atoms with E-state index >= 15 is 0 Å². The fourth-order valence-electron chi connectivity index (χ4n) is 4.90. The lowest BCUT2D eigenvalue weighted by molar-refractivity contribution is -0.160. The highest BCUT2D eigenvalue weighted by atomic mass is 32.2. The van der Waals surface area contributed by atoms with E-state index in [1.165, 1.54) is 17.0 Å². The number of benzene rings is 1. The number of nitrogens with zero attached hydrogens (tertiary/aromatic N) is 1. The number of hydrogen-bond donors (Lipinski definition) is 1. The Morgan fingerprint density at radius 3 is 2.32 bits per heavy atom. The molecule has 6 atom stereocenters. The van der Waals surface area contributed by atoms with E-state index in [9.17, 15) is 31.6 Å². The van der Waals surface area contributed by atoms with E-state index in [4.69, 9.17) is 14.0 Å². The zero-order chi connectivity index (χ0) is 25.2. The second-order valence-corrected chi connectivity index (χ2v) is 11.0. The van der Waals surface area contributed by atoms with Crippen LogP contribution >= 0.6 is 0 Å². The van der Waals surface area contributed by atoms with Gasteiger partial charge in [-0.3, -0.25) is 14.1 Å². The van der Waals surface area contributed by atoms with E-state index in [0.29, 0.717) is 0 Å². The molecule has 4 rings (SSSR count). The number of fused-ring (bicyclic) bond motifs is 1. The molecule has 3 aliphatic rings. The zero-order valence-corrected chi connectivity index (χ0v) is 19.2. The highest BCUT2D eigenvalue weighted by Crippen LogP contribution is 2.54. The highest BCUT2D eigenvalue weighted by molar-refractivity contribution is 7.86. The van der Waals surface area contributed by atoms with Gasteiger partial charge in [0.15, 0.2) is 12.7 Å². The summed E-state index contributed by atoms with van der Waals surface area (Å²) in [6.45, 7) is 3.30. The second kappa shape index (κ2) is 7.95. The van der Waals surface area contributed by atoms with Gasteiger partial charge in [-0.2, -0.15) is 17.2 Å². The van der Waals surface area contributed by atoms with Gasteiger partial charge in [0.25, 0.3) is 0 Å². The molecule has 34 heavy (non-hydrogen) atoms. The van der Waals surface area contributed by atoms with Crippen LogP contribution in [-0.2, 0) is 33.9 Å². The third kappa shape index (κ3) is 3.85. The van der Waals surface area contributed by atoms with Crippen LogP contribution in [0.25, 0.3) is 0 Å². The Kier molecular flexibility index (Phi) is 5.73. The molecule has 3 fully saturated rings. The topological polar surface area (TPSA) is 137 Å². The van der Waals surface area contributed by atoms with Crippen LogP contribution in [0.15, 0.2) is 30.3 Å². The van der Waals surface area contributed by atoms with E-state index in [2.05, 4.69) is 4.74 Å². The van der Waals surface area contributed by atoms with Crippen molar-refractivity contribution in [2.24, 2.45) is 11.8 Å². The van der Waals surface area contributed by atoms with E-state index < -0.39 is 81.6 Å².